The Morgan fingerprint density at radius 3 is 2.55 bits per heavy atom. The molecular formula is C16H23NO3. The molecule has 110 valence electrons. The van der Waals surface area contributed by atoms with Gasteiger partial charge in [0.2, 0.25) is 0 Å². The highest BCUT2D eigenvalue weighted by Crippen LogP contribution is 2.19. The predicted octanol–water partition coefficient (Wildman–Crippen LogP) is 1.91. The fraction of sp³-hybridized carbons (Fsp3) is 0.562. The van der Waals surface area contributed by atoms with Gasteiger partial charge in [-0.15, -0.1) is 0 Å². The normalized spacial score (nSPS) is 17.7. The summed E-state index contributed by atoms with van der Waals surface area (Å²) >= 11 is 0. The molecule has 1 aromatic rings. The second-order valence-corrected chi connectivity index (χ2v) is 5.47. The van der Waals surface area contributed by atoms with Crippen LogP contribution in [0.25, 0.3) is 0 Å². The van der Waals surface area contributed by atoms with Crippen molar-refractivity contribution in [3.05, 3.63) is 35.4 Å². The number of hydrogen-bond acceptors (Lipinski definition) is 3. The summed E-state index contributed by atoms with van der Waals surface area (Å²) in [7, 11) is 0. The van der Waals surface area contributed by atoms with Gasteiger partial charge in [-0.25, -0.2) is 0 Å². The van der Waals surface area contributed by atoms with Gasteiger partial charge in [-0.3, -0.25) is 4.79 Å². The smallest absolute Gasteiger partial charge is 0.251 e. The van der Waals surface area contributed by atoms with Crippen LogP contribution in [-0.2, 0) is 11.2 Å². The Balaban J connectivity index is 1.87. The van der Waals surface area contributed by atoms with Crippen molar-refractivity contribution in [2.75, 3.05) is 19.8 Å². The minimum atomic E-state index is -0.823. The topological polar surface area (TPSA) is 58.6 Å². The number of carbonyl (C=O) groups excluding carboxylic acids is 1. The molecule has 2 rings (SSSR count). The van der Waals surface area contributed by atoms with Crippen LogP contribution in [0.3, 0.4) is 0 Å². The van der Waals surface area contributed by atoms with E-state index < -0.39 is 5.60 Å². The Kier molecular flexibility index (Phi) is 5.15. The van der Waals surface area contributed by atoms with Gasteiger partial charge in [0.05, 0.1) is 5.60 Å². The Morgan fingerprint density at radius 2 is 1.95 bits per heavy atom. The molecule has 0 atom stereocenters. The van der Waals surface area contributed by atoms with Crippen molar-refractivity contribution in [3.63, 3.8) is 0 Å². The highest BCUT2D eigenvalue weighted by Gasteiger charge is 2.30. The lowest BCUT2D eigenvalue weighted by atomic mass is 9.94. The first-order valence-corrected chi connectivity index (χ1v) is 7.30. The van der Waals surface area contributed by atoms with Crippen LogP contribution >= 0.6 is 0 Å². The van der Waals surface area contributed by atoms with E-state index in [4.69, 9.17) is 4.74 Å². The minimum absolute atomic E-state index is 0.132. The van der Waals surface area contributed by atoms with Gasteiger partial charge < -0.3 is 15.2 Å². The molecule has 1 fully saturated rings. The zero-order chi connectivity index (χ0) is 14.4. The molecule has 1 amide bonds. The molecule has 20 heavy (non-hydrogen) atoms. The summed E-state index contributed by atoms with van der Waals surface area (Å²) in [5, 5.41) is 13.1. The molecule has 0 radical (unpaired) electrons. The molecule has 0 unspecified atom stereocenters. The molecule has 1 aliphatic rings. The van der Waals surface area contributed by atoms with E-state index in [2.05, 4.69) is 12.2 Å². The summed E-state index contributed by atoms with van der Waals surface area (Å²) < 4.78 is 5.22. The second-order valence-electron chi connectivity index (χ2n) is 5.47. The van der Waals surface area contributed by atoms with Gasteiger partial charge in [-0.05, 0) is 24.1 Å². The number of ether oxygens (including phenoxy) is 1. The van der Waals surface area contributed by atoms with E-state index in [1.165, 1.54) is 5.56 Å². The van der Waals surface area contributed by atoms with Gasteiger partial charge in [-0.1, -0.05) is 25.5 Å². The Labute approximate surface area is 120 Å². The number of benzene rings is 1. The van der Waals surface area contributed by atoms with Gasteiger partial charge in [0, 0.05) is 38.2 Å². The Bertz CT molecular complexity index is 436. The summed E-state index contributed by atoms with van der Waals surface area (Å²) in [4.78, 5) is 12.0. The van der Waals surface area contributed by atoms with Crippen LogP contribution in [0.15, 0.2) is 24.3 Å². The maximum absolute atomic E-state index is 12.0. The molecule has 1 heterocycles. The van der Waals surface area contributed by atoms with E-state index in [1.54, 1.807) is 0 Å². The third-order valence-corrected chi connectivity index (χ3v) is 3.76. The van der Waals surface area contributed by atoms with E-state index in [-0.39, 0.29) is 12.5 Å². The lowest BCUT2D eigenvalue weighted by Gasteiger charge is -2.32. The fourth-order valence-corrected chi connectivity index (χ4v) is 2.39. The zero-order valence-corrected chi connectivity index (χ0v) is 12.0. The van der Waals surface area contributed by atoms with E-state index in [1.807, 2.05) is 24.3 Å². The molecule has 0 saturated carbocycles. The van der Waals surface area contributed by atoms with Gasteiger partial charge in [0.25, 0.3) is 5.91 Å². The lowest BCUT2D eigenvalue weighted by Crippen LogP contribution is -2.46. The first-order chi connectivity index (χ1) is 9.63. The summed E-state index contributed by atoms with van der Waals surface area (Å²) in [5.74, 6) is -0.132. The molecule has 0 bridgehead atoms. The monoisotopic (exact) mass is 277 g/mol. The van der Waals surface area contributed by atoms with Crippen molar-refractivity contribution in [1.29, 1.82) is 0 Å². The molecule has 2 N–H and O–H groups in total. The lowest BCUT2D eigenvalue weighted by molar-refractivity contribution is -0.0605. The van der Waals surface area contributed by atoms with Crippen molar-refractivity contribution in [2.24, 2.45) is 0 Å². The standard InChI is InChI=1S/C16H23NO3/c1-2-3-13-4-6-14(7-5-13)15(18)17-12-16(19)8-10-20-11-9-16/h4-7,19H,2-3,8-12H2,1H3,(H,17,18). The van der Waals surface area contributed by atoms with Crippen molar-refractivity contribution in [1.82, 2.24) is 5.32 Å². The molecule has 1 aliphatic heterocycles. The molecule has 4 nitrogen and oxygen atoms in total. The Hall–Kier alpha value is -1.39. The van der Waals surface area contributed by atoms with E-state index in [9.17, 15) is 9.90 Å². The minimum Gasteiger partial charge on any atom is -0.388 e. The number of amides is 1. The second kappa shape index (κ2) is 6.86. The highest BCUT2D eigenvalue weighted by molar-refractivity contribution is 5.94. The van der Waals surface area contributed by atoms with Crippen LogP contribution in [0.5, 0.6) is 0 Å². The molecule has 1 saturated heterocycles. The first kappa shape index (κ1) is 15.0. The quantitative estimate of drug-likeness (QED) is 0.864. The van der Waals surface area contributed by atoms with Crippen molar-refractivity contribution >= 4 is 5.91 Å². The van der Waals surface area contributed by atoms with Crippen LogP contribution in [0.1, 0.15) is 42.1 Å². The van der Waals surface area contributed by atoms with Crippen LogP contribution in [-0.4, -0.2) is 36.4 Å². The third-order valence-electron chi connectivity index (χ3n) is 3.76. The summed E-state index contributed by atoms with van der Waals surface area (Å²) in [6, 6.07) is 7.66. The highest BCUT2D eigenvalue weighted by atomic mass is 16.5. The van der Waals surface area contributed by atoms with Gasteiger partial charge in [0.15, 0.2) is 0 Å². The van der Waals surface area contributed by atoms with Crippen LogP contribution in [0.4, 0.5) is 0 Å². The molecule has 1 aromatic carbocycles. The number of aliphatic hydroxyl groups is 1. The average Bonchev–Trinajstić information content (AvgIpc) is 2.47. The first-order valence-electron chi connectivity index (χ1n) is 7.30. The summed E-state index contributed by atoms with van der Waals surface area (Å²) in [6.07, 6.45) is 3.27. The number of hydrogen-bond donors (Lipinski definition) is 2. The summed E-state index contributed by atoms with van der Waals surface area (Å²) in [6.45, 7) is 3.53. The summed E-state index contributed by atoms with van der Waals surface area (Å²) in [5.41, 5.74) is 1.06. The number of nitrogens with one attached hydrogen (secondary N) is 1. The van der Waals surface area contributed by atoms with Crippen molar-refractivity contribution < 1.29 is 14.6 Å². The SMILES string of the molecule is CCCc1ccc(C(=O)NCC2(O)CCOCC2)cc1. The zero-order valence-electron chi connectivity index (χ0n) is 12.0. The number of carbonyl (C=O) groups is 1. The fourth-order valence-electron chi connectivity index (χ4n) is 2.39. The maximum Gasteiger partial charge on any atom is 0.251 e. The molecule has 0 aromatic heterocycles. The molecule has 4 heteroatoms. The third kappa shape index (κ3) is 4.05. The van der Waals surface area contributed by atoms with Crippen molar-refractivity contribution in [2.45, 2.75) is 38.2 Å². The van der Waals surface area contributed by atoms with Crippen LogP contribution in [0.2, 0.25) is 0 Å². The Morgan fingerprint density at radius 1 is 1.30 bits per heavy atom. The van der Waals surface area contributed by atoms with Crippen LogP contribution in [0, 0.1) is 0 Å². The van der Waals surface area contributed by atoms with E-state index in [0.29, 0.717) is 31.6 Å². The van der Waals surface area contributed by atoms with Gasteiger partial charge >= 0.3 is 0 Å². The van der Waals surface area contributed by atoms with E-state index >= 15 is 0 Å². The molecule has 0 aliphatic carbocycles. The molecule has 0 spiro atoms. The van der Waals surface area contributed by atoms with Gasteiger partial charge in [-0.2, -0.15) is 0 Å². The van der Waals surface area contributed by atoms with Gasteiger partial charge in [0.1, 0.15) is 0 Å². The van der Waals surface area contributed by atoms with Crippen molar-refractivity contribution in [3.8, 4) is 0 Å². The molecular weight excluding hydrogens is 254 g/mol. The van der Waals surface area contributed by atoms with Crippen LogP contribution < -0.4 is 5.32 Å². The largest absolute Gasteiger partial charge is 0.388 e. The predicted molar refractivity (Wildman–Crippen MR) is 77.8 cm³/mol. The number of rotatable bonds is 5. The number of aryl methyl sites for hydroxylation is 1. The van der Waals surface area contributed by atoms with E-state index in [0.717, 1.165) is 12.8 Å². The average molecular weight is 277 g/mol. The maximum atomic E-state index is 12.0.